The molecule has 0 spiro atoms. The van der Waals surface area contributed by atoms with E-state index < -0.39 is 0 Å². The Morgan fingerprint density at radius 2 is 1.73 bits per heavy atom. The zero-order valence-electron chi connectivity index (χ0n) is 12.8. The van der Waals surface area contributed by atoms with Crippen LogP contribution in [-0.4, -0.2) is 26.6 Å². The molecule has 0 aromatic heterocycles. The van der Waals surface area contributed by atoms with Crippen LogP contribution < -0.4 is 9.78 Å². The van der Waals surface area contributed by atoms with Crippen molar-refractivity contribution in [2.45, 2.75) is 25.6 Å². The Bertz CT molecular complexity index is 665. The molecular formula is C18H19NO2Se. The van der Waals surface area contributed by atoms with Crippen LogP contribution in [0.2, 0.25) is 5.32 Å². The number of anilines is 1. The third-order valence-corrected chi connectivity index (χ3v) is 5.74. The van der Waals surface area contributed by atoms with E-state index >= 15 is 0 Å². The number of carbonyl (C=O) groups is 2. The van der Waals surface area contributed by atoms with E-state index in [4.69, 9.17) is 0 Å². The summed E-state index contributed by atoms with van der Waals surface area (Å²) in [4.78, 5) is 23.6. The number of nitrogens with one attached hydrogen (secondary N) is 1. The fraction of sp³-hybridized carbons (Fsp3) is 0.222. The van der Waals surface area contributed by atoms with Crippen LogP contribution in [0.25, 0.3) is 0 Å². The van der Waals surface area contributed by atoms with E-state index in [2.05, 4.69) is 12.2 Å². The molecule has 0 aliphatic carbocycles. The maximum atomic E-state index is 12.4. The molecule has 0 heterocycles. The molecule has 114 valence electrons. The molecule has 2 rings (SSSR count). The summed E-state index contributed by atoms with van der Waals surface area (Å²) < 4.78 is 0.966. The molecule has 22 heavy (non-hydrogen) atoms. The summed E-state index contributed by atoms with van der Waals surface area (Å²) in [5, 5.41) is 3.44. The van der Waals surface area contributed by atoms with E-state index in [0.29, 0.717) is 10.9 Å². The third kappa shape index (κ3) is 4.55. The molecule has 2 aromatic rings. The van der Waals surface area contributed by atoms with Crippen molar-refractivity contribution in [1.82, 2.24) is 0 Å². The number of hydrogen-bond donors (Lipinski definition) is 1. The SMILES string of the molecule is CCc1ccc(NC(=O)c2ccccc2[Se]CC(C)=O)cc1. The van der Waals surface area contributed by atoms with Gasteiger partial charge in [-0.15, -0.1) is 0 Å². The van der Waals surface area contributed by atoms with Gasteiger partial charge in [0, 0.05) is 0 Å². The number of carbonyl (C=O) groups excluding carboxylic acids is 2. The molecule has 0 bridgehead atoms. The Kier molecular flexibility index (Phi) is 5.93. The fourth-order valence-electron chi connectivity index (χ4n) is 1.98. The predicted molar refractivity (Wildman–Crippen MR) is 91.1 cm³/mol. The predicted octanol–water partition coefficient (Wildman–Crippen LogP) is 2.84. The molecule has 0 saturated heterocycles. The van der Waals surface area contributed by atoms with E-state index in [9.17, 15) is 9.59 Å². The Morgan fingerprint density at radius 1 is 1.05 bits per heavy atom. The number of amides is 1. The van der Waals surface area contributed by atoms with Crippen molar-refractivity contribution in [1.29, 1.82) is 0 Å². The first-order chi connectivity index (χ1) is 10.6. The Morgan fingerprint density at radius 3 is 2.36 bits per heavy atom. The van der Waals surface area contributed by atoms with Gasteiger partial charge >= 0.3 is 137 Å². The molecule has 1 N–H and O–H groups in total. The van der Waals surface area contributed by atoms with E-state index in [-0.39, 0.29) is 26.6 Å². The van der Waals surface area contributed by atoms with Gasteiger partial charge < -0.3 is 0 Å². The van der Waals surface area contributed by atoms with Crippen LogP contribution in [0.15, 0.2) is 48.5 Å². The topological polar surface area (TPSA) is 46.2 Å². The van der Waals surface area contributed by atoms with Crippen molar-refractivity contribution in [3.05, 3.63) is 59.7 Å². The molecule has 0 radical (unpaired) electrons. The van der Waals surface area contributed by atoms with Crippen molar-refractivity contribution >= 4 is 36.8 Å². The average molecular weight is 360 g/mol. The monoisotopic (exact) mass is 361 g/mol. The van der Waals surface area contributed by atoms with Gasteiger partial charge in [0.25, 0.3) is 0 Å². The van der Waals surface area contributed by atoms with E-state index in [1.165, 1.54) is 5.56 Å². The van der Waals surface area contributed by atoms with Crippen molar-refractivity contribution in [3.63, 3.8) is 0 Å². The van der Waals surface area contributed by atoms with Gasteiger partial charge in [-0.05, 0) is 0 Å². The van der Waals surface area contributed by atoms with Crippen molar-refractivity contribution in [3.8, 4) is 0 Å². The number of Topliss-reactive ketones (excluding diaryl/α,β-unsaturated/α-hetero) is 1. The number of aryl methyl sites for hydroxylation is 1. The molecule has 1 amide bonds. The van der Waals surface area contributed by atoms with Gasteiger partial charge in [0.2, 0.25) is 0 Å². The van der Waals surface area contributed by atoms with Gasteiger partial charge in [-0.2, -0.15) is 0 Å². The van der Waals surface area contributed by atoms with Crippen LogP contribution in [0.4, 0.5) is 5.69 Å². The second kappa shape index (κ2) is 7.92. The number of ketones is 1. The zero-order chi connectivity index (χ0) is 15.9. The van der Waals surface area contributed by atoms with Crippen LogP contribution in [0.3, 0.4) is 0 Å². The molecule has 3 nitrogen and oxygen atoms in total. The number of hydrogen-bond acceptors (Lipinski definition) is 2. The average Bonchev–Trinajstić information content (AvgIpc) is 2.54. The Balaban J connectivity index is 2.12. The number of rotatable bonds is 6. The molecule has 4 heteroatoms. The van der Waals surface area contributed by atoms with E-state index in [1.807, 2.05) is 48.5 Å². The van der Waals surface area contributed by atoms with Crippen LogP contribution in [0.1, 0.15) is 29.8 Å². The summed E-state index contributed by atoms with van der Waals surface area (Å²) >= 11 is -0.00810. The van der Waals surface area contributed by atoms with Crippen molar-refractivity contribution in [2.75, 3.05) is 5.32 Å². The van der Waals surface area contributed by atoms with Gasteiger partial charge in [0.1, 0.15) is 0 Å². The van der Waals surface area contributed by atoms with Gasteiger partial charge in [-0.25, -0.2) is 0 Å². The summed E-state index contributed by atoms with van der Waals surface area (Å²) in [6, 6.07) is 15.4. The van der Waals surface area contributed by atoms with Gasteiger partial charge in [-0.3, -0.25) is 0 Å². The first-order valence-electron chi connectivity index (χ1n) is 7.21. The van der Waals surface area contributed by atoms with Crippen LogP contribution >= 0.6 is 0 Å². The molecule has 0 aliphatic rings. The summed E-state index contributed by atoms with van der Waals surface area (Å²) in [7, 11) is 0. The van der Waals surface area contributed by atoms with E-state index in [0.717, 1.165) is 16.6 Å². The fourth-order valence-corrected chi connectivity index (χ4v) is 3.76. The molecule has 0 fully saturated rings. The van der Waals surface area contributed by atoms with E-state index in [1.54, 1.807) is 6.92 Å². The zero-order valence-corrected chi connectivity index (χ0v) is 14.5. The number of benzene rings is 2. The normalized spacial score (nSPS) is 10.3. The minimum absolute atomic E-state index is 0.00810. The molecule has 0 atom stereocenters. The van der Waals surface area contributed by atoms with Gasteiger partial charge in [-0.1, -0.05) is 0 Å². The second-order valence-corrected chi connectivity index (χ2v) is 7.13. The van der Waals surface area contributed by atoms with Crippen LogP contribution in [-0.2, 0) is 11.2 Å². The van der Waals surface area contributed by atoms with Gasteiger partial charge in [0.05, 0.1) is 0 Å². The molecular weight excluding hydrogens is 341 g/mol. The maximum absolute atomic E-state index is 12.4. The van der Waals surface area contributed by atoms with Crippen molar-refractivity contribution < 1.29 is 9.59 Å². The Labute approximate surface area is 137 Å². The van der Waals surface area contributed by atoms with Gasteiger partial charge in [0.15, 0.2) is 0 Å². The minimum atomic E-state index is -0.120. The quantitative estimate of drug-likeness (QED) is 0.806. The second-order valence-electron chi connectivity index (χ2n) is 4.99. The van der Waals surface area contributed by atoms with Crippen molar-refractivity contribution in [2.24, 2.45) is 0 Å². The first kappa shape index (κ1) is 16.5. The van der Waals surface area contributed by atoms with Crippen LogP contribution in [0.5, 0.6) is 0 Å². The summed E-state index contributed by atoms with van der Waals surface area (Å²) in [6.07, 6.45) is 0.977. The molecule has 0 saturated carbocycles. The van der Waals surface area contributed by atoms with Crippen LogP contribution in [0, 0.1) is 0 Å². The standard InChI is InChI=1S/C18H19NO2Se/c1-3-14-8-10-15(11-9-14)19-18(21)16-6-4-5-7-17(16)22-12-13(2)20/h4-11H,3,12H2,1-2H3,(H,19,21). The third-order valence-electron chi connectivity index (χ3n) is 3.18. The molecule has 0 aliphatic heterocycles. The summed E-state index contributed by atoms with van der Waals surface area (Å²) in [6.45, 7) is 3.68. The molecule has 0 unspecified atom stereocenters. The molecule has 2 aromatic carbocycles. The first-order valence-corrected chi connectivity index (χ1v) is 9.28. The Hall–Kier alpha value is -1.90. The summed E-state index contributed by atoms with van der Waals surface area (Å²) in [5.74, 6) is 0.0376. The summed E-state index contributed by atoms with van der Waals surface area (Å²) in [5.41, 5.74) is 2.68.